The number of amides is 1. The zero-order chi connectivity index (χ0) is 16.0. The largest absolute Gasteiger partial charge is 0.376 e. The van der Waals surface area contributed by atoms with E-state index in [1.54, 1.807) is 6.07 Å². The highest BCUT2D eigenvalue weighted by molar-refractivity contribution is 6.31. The number of rotatable bonds is 7. The van der Waals surface area contributed by atoms with Crippen LogP contribution in [0.25, 0.3) is 0 Å². The van der Waals surface area contributed by atoms with Gasteiger partial charge in [-0.1, -0.05) is 25.4 Å². The lowest BCUT2D eigenvalue weighted by Crippen LogP contribution is -2.21. The number of carbonyl (C=O) groups excluding carboxylic acids is 1. The number of nitrogens with two attached hydrogens (primary N) is 1. The third-order valence-electron chi connectivity index (χ3n) is 3.56. The average Bonchev–Trinajstić information content (AvgIpc) is 2.36. The molecule has 1 aromatic carbocycles. The summed E-state index contributed by atoms with van der Waals surface area (Å²) in [6.07, 6.45) is 2.21. The molecule has 1 aromatic rings. The summed E-state index contributed by atoms with van der Waals surface area (Å²) in [6.45, 7) is 4.92. The second-order valence-electron chi connectivity index (χ2n) is 6.31. The minimum atomic E-state index is 0.00506. The van der Waals surface area contributed by atoms with Gasteiger partial charge in [0, 0.05) is 25.5 Å². The Morgan fingerprint density at radius 3 is 2.57 bits per heavy atom. The molecule has 4 nitrogen and oxygen atoms in total. The average molecular weight is 312 g/mol. The first-order valence-corrected chi connectivity index (χ1v) is 7.60. The smallest absolute Gasteiger partial charge is 0.224 e. The molecule has 1 amide bonds. The standard InChI is InChI=1S/C16H26ClN3O/c1-16(2,9-10-18)8-7-15(21)19-13-11-12(17)5-6-14(13)20(3)4/h5-6,11H,7-10,18H2,1-4H3,(H,19,21). The molecule has 0 heterocycles. The quantitative estimate of drug-likeness (QED) is 0.810. The number of hydrogen-bond donors (Lipinski definition) is 2. The molecule has 0 spiro atoms. The highest BCUT2D eigenvalue weighted by Crippen LogP contribution is 2.29. The van der Waals surface area contributed by atoms with Crippen LogP contribution in [0.15, 0.2) is 18.2 Å². The van der Waals surface area contributed by atoms with Crippen molar-refractivity contribution in [3.8, 4) is 0 Å². The molecule has 0 saturated heterocycles. The van der Waals surface area contributed by atoms with Crippen molar-refractivity contribution < 1.29 is 4.79 Å². The van der Waals surface area contributed by atoms with Crippen LogP contribution < -0.4 is 16.0 Å². The SMILES string of the molecule is CN(C)c1ccc(Cl)cc1NC(=O)CCC(C)(C)CCN. The maximum atomic E-state index is 12.1. The third kappa shape index (κ3) is 5.94. The van der Waals surface area contributed by atoms with Crippen LogP contribution in [0.4, 0.5) is 11.4 Å². The van der Waals surface area contributed by atoms with Crippen molar-refractivity contribution in [1.82, 2.24) is 0 Å². The van der Waals surface area contributed by atoms with Crippen LogP contribution in [0.5, 0.6) is 0 Å². The van der Waals surface area contributed by atoms with Gasteiger partial charge in [-0.3, -0.25) is 4.79 Å². The second kappa shape index (κ2) is 7.66. The molecular weight excluding hydrogens is 286 g/mol. The normalized spacial score (nSPS) is 11.3. The third-order valence-corrected chi connectivity index (χ3v) is 3.80. The molecule has 3 N–H and O–H groups in total. The molecule has 0 aliphatic carbocycles. The van der Waals surface area contributed by atoms with Crippen molar-refractivity contribution >= 4 is 28.9 Å². The summed E-state index contributed by atoms with van der Waals surface area (Å²) in [7, 11) is 3.87. The number of halogens is 1. The van der Waals surface area contributed by atoms with Crippen LogP contribution in [-0.2, 0) is 4.79 Å². The van der Waals surface area contributed by atoms with E-state index in [1.165, 1.54) is 0 Å². The van der Waals surface area contributed by atoms with E-state index in [4.69, 9.17) is 17.3 Å². The lowest BCUT2D eigenvalue weighted by molar-refractivity contribution is -0.116. The lowest BCUT2D eigenvalue weighted by atomic mass is 9.84. The molecule has 1 rings (SSSR count). The summed E-state index contributed by atoms with van der Waals surface area (Å²) >= 11 is 6.01. The first kappa shape index (κ1) is 17.8. The fraction of sp³-hybridized carbons (Fsp3) is 0.562. The number of benzene rings is 1. The Morgan fingerprint density at radius 1 is 1.33 bits per heavy atom. The summed E-state index contributed by atoms with van der Waals surface area (Å²) in [5.74, 6) is 0.00506. The van der Waals surface area contributed by atoms with Crippen LogP contribution in [0, 0.1) is 5.41 Å². The Morgan fingerprint density at radius 2 is 2.00 bits per heavy atom. The minimum absolute atomic E-state index is 0.00506. The van der Waals surface area contributed by atoms with Gasteiger partial charge in [-0.05, 0) is 43.0 Å². The van der Waals surface area contributed by atoms with Crippen molar-refractivity contribution in [3.63, 3.8) is 0 Å². The Bertz CT molecular complexity index is 486. The summed E-state index contributed by atoms with van der Waals surface area (Å²) in [4.78, 5) is 14.1. The van der Waals surface area contributed by atoms with E-state index < -0.39 is 0 Å². The number of nitrogens with zero attached hydrogens (tertiary/aromatic N) is 1. The van der Waals surface area contributed by atoms with Gasteiger partial charge in [-0.15, -0.1) is 0 Å². The van der Waals surface area contributed by atoms with Gasteiger partial charge in [0.15, 0.2) is 0 Å². The summed E-state index contributed by atoms with van der Waals surface area (Å²) in [5.41, 5.74) is 7.37. The molecular formula is C16H26ClN3O. The van der Waals surface area contributed by atoms with Gasteiger partial charge in [0.1, 0.15) is 0 Å². The topological polar surface area (TPSA) is 58.4 Å². The van der Waals surface area contributed by atoms with Gasteiger partial charge in [-0.25, -0.2) is 0 Å². The molecule has 0 saturated carbocycles. The van der Waals surface area contributed by atoms with E-state index in [1.807, 2.05) is 31.1 Å². The first-order chi connectivity index (χ1) is 9.75. The fourth-order valence-corrected chi connectivity index (χ4v) is 2.35. The van der Waals surface area contributed by atoms with Gasteiger partial charge in [0.05, 0.1) is 11.4 Å². The minimum Gasteiger partial charge on any atom is -0.376 e. The molecule has 0 unspecified atom stereocenters. The van der Waals surface area contributed by atoms with E-state index >= 15 is 0 Å². The van der Waals surface area contributed by atoms with E-state index in [9.17, 15) is 4.79 Å². The van der Waals surface area contributed by atoms with Crippen molar-refractivity contribution in [2.24, 2.45) is 11.1 Å². The predicted molar refractivity (Wildman–Crippen MR) is 91.1 cm³/mol. The van der Waals surface area contributed by atoms with Gasteiger partial charge in [-0.2, -0.15) is 0 Å². The summed E-state index contributed by atoms with van der Waals surface area (Å²) in [6, 6.07) is 5.49. The monoisotopic (exact) mass is 311 g/mol. The van der Waals surface area contributed by atoms with Crippen LogP contribution in [0.1, 0.15) is 33.1 Å². The Balaban J connectivity index is 2.69. The molecule has 5 heteroatoms. The molecule has 118 valence electrons. The zero-order valence-corrected chi connectivity index (χ0v) is 14.1. The highest BCUT2D eigenvalue weighted by atomic mass is 35.5. The highest BCUT2D eigenvalue weighted by Gasteiger charge is 2.19. The number of hydrogen-bond acceptors (Lipinski definition) is 3. The lowest BCUT2D eigenvalue weighted by Gasteiger charge is -2.24. The van der Waals surface area contributed by atoms with Crippen LogP contribution >= 0.6 is 11.6 Å². The summed E-state index contributed by atoms with van der Waals surface area (Å²) in [5, 5.41) is 3.56. The van der Waals surface area contributed by atoms with Crippen molar-refractivity contribution in [2.75, 3.05) is 30.9 Å². The van der Waals surface area contributed by atoms with Crippen molar-refractivity contribution in [3.05, 3.63) is 23.2 Å². The van der Waals surface area contributed by atoms with Gasteiger partial charge in [0.2, 0.25) is 5.91 Å². The second-order valence-corrected chi connectivity index (χ2v) is 6.74. The molecule has 0 atom stereocenters. The van der Waals surface area contributed by atoms with Gasteiger partial charge >= 0.3 is 0 Å². The Labute approximate surface area is 132 Å². The fourth-order valence-electron chi connectivity index (χ4n) is 2.18. The molecule has 0 bridgehead atoms. The maximum absolute atomic E-state index is 12.1. The number of anilines is 2. The van der Waals surface area contributed by atoms with Crippen LogP contribution in [0.3, 0.4) is 0 Å². The first-order valence-electron chi connectivity index (χ1n) is 7.22. The van der Waals surface area contributed by atoms with Crippen molar-refractivity contribution in [1.29, 1.82) is 0 Å². The predicted octanol–water partition coefficient (Wildman–Crippen LogP) is 3.50. The molecule has 0 aliphatic rings. The Hall–Kier alpha value is -1.26. The zero-order valence-electron chi connectivity index (χ0n) is 13.4. The number of carbonyl (C=O) groups is 1. The number of nitrogens with one attached hydrogen (secondary N) is 1. The van der Waals surface area contributed by atoms with Crippen LogP contribution in [-0.4, -0.2) is 26.5 Å². The van der Waals surface area contributed by atoms with Gasteiger partial charge in [0.25, 0.3) is 0 Å². The van der Waals surface area contributed by atoms with E-state index in [2.05, 4.69) is 19.2 Å². The molecule has 0 aliphatic heterocycles. The van der Waals surface area contributed by atoms with E-state index in [0.717, 1.165) is 24.2 Å². The Kier molecular flexibility index (Phi) is 6.49. The van der Waals surface area contributed by atoms with Crippen LogP contribution in [0.2, 0.25) is 5.02 Å². The summed E-state index contributed by atoms with van der Waals surface area (Å²) < 4.78 is 0. The maximum Gasteiger partial charge on any atom is 0.224 e. The van der Waals surface area contributed by atoms with Gasteiger partial charge < -0.3 is 16.0 Å². The van der Waals surface area contributed by atoms with E-state index in [-0.39, 0.29) is 11.3 Å². The molecule has 0 aromatic heterocycles. The molecule has 0 radical (unpaired) electrons. The molecule has 0 fully saturated rings. The van der Waals surface area contributed by atoms with E-state index in [0.29, 0.717) is 18.0 Å². The van der Waals surface area contributed by atoms with Crippen molar-refractivity contribution in [2.45, 2.75) is 33.1 Å². The molecule has 21 heavy (non-hydrogen) atoms.